The molecule has 0 N–H and O–H groups in total. The Morgan fingerprint density at radius 2 is 1.95 bits per heavy atom. The summed E-state index contributed by atoms with van der Waals surface area (Å²) in [5.41, 5.74) is 0.723. The van der Waals surface area contributed by atoms with Gasteiger partial charge in [-0.25, -0.2) is 9.37 Å². The molecule has 0 atom stereocenters. The molecule has 0 radical (unpaired) electrons. The van der Waals surface area contributed by atoms with Crippen molar-refractivity contribution in [3.63, 3.8) is 0 Å². The first-order chi connectivity index (χ1) is 8.95. The number of hydrogen-bond acceptors (Lipinski definition) is 3. The highest BCUT2D eigenvalue weighted by atomic mass is 79.9. The largest absolute Gasteiger partial charge is 0.439 e. The van der Waals surface area contributed by atoms with Crippen molar-refractivity contribution in [3.05, 3.63) is 46.1 Å². The summed E-state index contributed by atoms with van der Waals surface area (Å²) >= 11 is 3.33. The van der Waals surface area contributed by atoms with Crippen LogP contribution in [0.4, 0.5) is 4.39 Å². The average Bonchev–Trinajstić information content (AvgIpc) is 2.32. The van der Waals surface area contributed by atoms with Crippen LogP contribution in [0.25, 0.3) is 0 Å². The molecule has 0 unspecified atom stereocenters. The van der Waals surface area contributed by atoms with Crippen molar-refractivity contribution >= 4 is 15.9 Å². The summed E-state index contributed by atoms with van der Waals surface area (Å²) in [6.07, 6.45) is 0. The SMILES string of the molecule is Cc1cc(F)ccc1Oc1cc(Br)nc(C(C)C)n1. The van der Waals surface area contributed by atoms with E-state index in [4.69, 9.17) is 4.74 Å². The average molecular weight is 325 g/mol. The standard InChI is InChI=1S/C14H14BrFN2O/c1-8(2)14-17-12(15)7-13(18-14)19-11-5-4-10(16)6-9(11)3/h4-8H,1-3H3. The number of benzene rings is 1. The molecule has 3 nitrogen and oxygen atoms in total. The van der Waals surface area contributed by atoms with Gasteiger partial charge in [-0.05, 0) is 46.6 Å². The van der Waals surface area contributed by atoms with E-state index in [9.17, 15) is 4.39 Å². The molecular weight excluding hydrogens is 311 g/mol. The lowest BCUT2D eigenvalue weighted by molar-refractivity contribution is 0.451. The van der Waals surface area contributed by atoms with Crippen LogP contribution in [0, 0.1) is 12.7 Å². The van der Waals surface area contributed by atoms with Gasteiger partial charge in [-0.3, -0.25) is 0 Å². The van der Waals surface area contributed by atoms with E-state index in [0.29, 0.717) is 22.1 Å². The minimum absolute atomic E-state index is 0.203. The fourth-order valence-corrected chi connectivity index (χ4v) is 1.94. The number of nitrogens with zero attached hydrogens (tertiary/aromatic N) is 2. The van der Waals surface area contributed by atoms with Gasteiger partial charge in [-0.2, -0.15) is 4.98 Å². The van der Waals surface area contributed by atoms with Crippen LogP contribution >= 0.6 is 15.9 Å². The molecule has 100 valence electrons. The van der Waals surface area contributed by atoms with Crippen LogP contribution in [0.5, 0.6) is 11.6 Å². The number of aromatic nitrogens is 2. The molecule has 0 saturated heterocycles. The molecule has 0 saturated carbocycles. The number of ether oxygens (including phenoxy) is 1. The van der Waals surface area contributed by atoms with Crippen LogP contribution in [0.2, 0.25) is 0 Å². The smallest absolute Gasteiger partial charge is 0.223 e. The molecular formula is C14H14BrFN2O. The Morgan fingerprint density at radius 1 is 1.21 bits per heavy atom. The van der Waals surface area contributed by atoms with Gasteiger partial charge in [-0.15, -0.1) is 0 Å². The lowest BCUT2D eigenvalue weighted by atomic mass is 10.2. The monoisotopic (exact) mass is 324 g/mol. The second kappa shape index (κ2) is 5.65. The maximum atomic E-state index is 13.0. The molecule has 0 bridgehead atoms. The van der Waals surface area contributed by atoms with Gasteiger partial charge in [0.2, 0.25) is 5.88 Å². The fourth-order valence-electron chi connectivity index (χ4n) is 1.56. The quantitative estimate of drug-likeness (QED) is 0.774. The normalized spacial score (nSPS) is 10.8. The Labute approximate surface area is 120 Å². The van der Waals surface area contributed by atoms with E-state index in [-0.39, 0.29) is 11.7 Å². The van der Waals surface area contributed by atoms with E-state index in [1.54, 1.807) is 19.1 Å². The van der Waals surface area contributed by atoms with Crippen LogP contribution in [-0.4, -0.2) is 9.97 Å². The molecule has 0 spiro atoms. The van der Waals surface area contributed by atoms with E-state index >= 15 is 0 Å². The van der Waals surface area contributed by atoms with E-state index in [1.807, 2.05) is 13.8 Å². The number of rotatable bonds is 3. The molecule has 19 heavy (non-hydrogen) atoms. The highest BCUT2D eigenvalue weighted by molar-refractivity contribution is 9.10. The fraction of sp³-hybridized carbons (Fsp3) is 0.286. The van der Waals surface area contributed by atoms with Crippen molar-refractivity contribution in [2.24, 2.45) is 0 Å². The minimum atomic E-state index is -0.281. The van der Waals surface area contributed by atoms with Crippen molar-refractivity contribution < 1.29 is 9.13 Å². The Balaban J connectivity index is 2.32. The summed E-state index contributed by atoms with van der Waals surface area (Å²) in [5.74, 6) is 1.65. The highest BCUT2D eigenvalue weighted by Crippen LogP contribution is 2.26. The number of aryl methyl sites for hydroxylation is 1. The lowest BCUT2D eigenvalue weighted by Gasteiger charge is -2.10. The zero-order valence-electron chi connectivity index (χ0n) is 10.9. The van der Waals surface area contributed by atoms with Crippen molar-refractivity contribution in [3.8, 4) is 11.6 Å². The summed E-state index contributed by atoms with van der Waals surface area (Å²) in [4.78, 5) is 8.61. The van der Waals surface area contributed by atoms with E-state index in [0.717, 1.165) is 5.56 Å². The second-order valence-corrected chi connectivity index (χ2v) is 5.37. The zero-order chi connectivity index (χ0) is 14.0. The highest BCUT2D eigenvalue weighted by Gasteiger charge is 2.09. The van der Waals surface area contributed by atoms with Crippen LogP contribution in [0.3, 0.4) is 0 Å². The molecule has 0 aliphatic heterocycles. The van der Waals surface area contributed by atoms with Gasteiger partial charge < -0.3 is 4.74 Å². The van der Waals surface area contributed by atoms with Crippen LogP contribution in [0.1, 0.15) is 31.2 Å². The van der Waals surface area contributed by atoms with Gasteiger partial charge in [0.05, 0.1) is 0 Å². The molecule has 1 aromatic heterocycles. The Morgan fingerprint density at radius 3 is 2.58 bits per heavy atom. The van der Waals surface area contributed by atoms with Crippen LogP contribution < -0.4 is 4.74 Å². The van der Waals surface area contributed by atoms with Crippen molar-refractivity contribution in [1.29, 1.82) is 0 Å². The van der Waals surface area contributed by atoms with Crippen molar-refractivity contribution in [2.45, 2.75) is 26.7 Å². The third-order valence-electron chi connectivity index (χ3n) is 2.56. The van der Waals surface area contributed by atoms with Gasteiger partial charge in [0.25, 0.3) is 0 Å². The zero-order valence-corrected chi connectivity index (χ0v) is 12.5. The number of hydrogen-bond donors (Lipinski definition) is 0. The molecule has 0 aliphatic rings. The molecule has 0 fully saturated rings. The van der Waals surface area contributed by atoms with Gasteiger partial charge in [0.1, 0.15) is 22.0 Å². The lowest BCUT2D eigenvalue weighted by Crippen LogP contribution is -2.00. The van der Waals surface area contributed by atoms with Crippen molar-refractivity contribution in [2.75, 3.05) is 0 Å². The molecule has 0 amide bonds. The third kappa shape index (κ3) is 3.50. The molecule has 1 aromatic carbocycles. The Hall–Kier alpha value is -1.49. The Kier molecular flexibility index (Phi) is 4.14. The summed E-state index contributed by atoms with van der Waals surface area (Å²) in [7, 11) is 0. The summed E-state index contributed by atoms with van der Waals surface area (Å²) in [6, 6.07) is 6.07. The molecule has 1 heterocycles. The first-order valence-electron chi connectivity index (χ1n) is 5.94. The third-order valence-corrected chi connectivity index (χ3v) is 2.96. The van der Waals surface area contributed by atoms with Gasteiger partial charge in [0, 0.05) is 12.0 Å². The predicted molar refractivity (Wildman–Crippen MR) is 75.0 cm³/mol. The summed E-state index contributed by atoms with van der Waals surface area (Å²) in [5, 5.41) is 0. The van der Waals surface area contributed by atoms with Crippen LogP contribution in [0.15, 0.2) is 28.9 Å². The summed E-state index contributed by atoms with van der Waals surface area (Å²) in [6.45, 7) is 5.81. The second-order valence-electron chi connectivity index (χ2n) is 4.55. The topological polar surface area (TPSA) is 35.0 Å². The van der Waals surface area contributed by atoms with Gasteiger partial charge >= 0.3 is 0 Å². The molecule has 2 rings (SSSR count). The van der Waals surface area contributed by atoms with Crippen LogP contribution in [-0.2, 0) is 0 Å². The van der Waals surface area contributed by atoms with Gasteiger partial charge in [-0.1, -0.05) is 13.8 Å². The maximum Gasteiger partial charge on any atom is 0.223 e. The van der Waals surface area contributed by atoms with Gasteiger partial charge in [0.15, 0.2) is 0 Å². The van der Waals surface area contributed by atoms with E-state index in [2.05, 4.69) is 25.9 Å². The number of halogens is 2. The van der Waals surface area contributed by atoms with E-state index < -0.39 is 0 Å². The molecule has 5 heteroatoms. The maximum absolute atomic E-state index is 13.0. The predicted octanol–water partition coefficient (Wildman–Crippen LogP) is 4.60. The molecule has 2 aromatic rings. The first-order valence-corrected chi connectivity index (χ1v) is 6.73. The first kappa shape index (κ1) is 13.9. The Bertz CT molecular complexity index is 602. The van der Waals surface area contributed by atoms with Crippen molar-refractivity contribution in [1.82, 2.24) is 9.97 Å². The minimum Gasteiger partial charge on any atom is -0.439 e. The van der Waals surface area contributed by atoms with E-state index in [1.165, 1.54) is 12.1 Å². The molecule has 0 aliphatic carbocycles. The summed E-state index contributed by atoms with van der Waals surface area (Å²) < 4.78 is 19.4.